The number of amides is 2. The first-order valence-corrected chi connectivity index (χ1v) is 12.3. The first-order valence-electron chi connectivity index (χ1n) is 10.4. The predicted molar refractivity (Wildman–Crippen MR) is 123 cm³/mol. The molecule has 0 unspecified atom stereocenters. The Hall–Kier alpha value is -3.01. The normalized spacial score (nSPS) is 12.3. The third kappa shape index (κ3) is 7.81. The highest BCUT2D eigenvalue weighted by Crippen LogP contribution is 2.20. The molecule has 0 saturated carbocycles. The second kappa shape index (κ2) is 11.2. The van der Waals surface area contributed by atoms with Gasteiger partial charge in [0.1, 0.15) is 24.2 Å². The van der Waals surface area contributed by atoms with Gasteiger partial charge in [-0.25, -0.2) is 17.2 Å². The maximum atomic E-state index is 13.7. The molecule has 33 heavy (non-hydrogen) atoms. The van der Waals surface area contributed by atoms with E-state index in [1.165, 1.54) is 48.2 Å². The molecule has 0 radical (unpaired) electrons. The number of sulfonamides is 1. The molecule has 2 aromatic carbocycles. The van der Waals surface area contributed by atoms with Crippen molar-refractivity contribution >= 4 is 27.5 Å². The lowest BCUT2D eigenvalue weighted by Gasteiger charge is -2.31. The van der Waals surface area contributed by atoms with Gasteiger partial charge < -0.3 is 10.2 Å². The van der Waals surface area contributed by atoms with Crippen LogP contribution in [0.5, 0.6) is 0 Å². The summed E-state index contributed by atoms with van der Waals surface area (Å²) in [5.41, 5.74) is 0.550. The van der Waals surface area contributed by atoms with Gasteiger partial charge in [-0.15, -0.1) is 0 Å². The van der Waals surface area contributed by atoms with Gasteiger partial charge in [-0.3, -0.25) is 13.9 Å². The first-order chi connectivity index (χ1) is 15.4. The lowest BCUT2D eigenvalue weighted by atomic mass is 10.1. The Bertz CT molecular complexity index is 1080. The predicted octanol–water partition coefficient (Wildman–Crippen LogP) is 2.92. The molecule has 1 N–H and O–H groups in total. The molecule has 0 bridgehead atoms. The summed E-state index contributed by atoms with van der Waals surface area (Å²) >= 11 is 0. The molecule has 10 heteroatoms. The molecule has 0 aliphatic heterocycles. The molecule has 2 rings (SSSR count). The average Bonchev–Trinajstić information content (AvgIpc) is 2.73. The minimum absolute atomic E-state index is 0.00973. The van der Waals surface area contributed by atoms with Crippen molar-refractivity contribution in [2.45, 2.75) is 33.4 Å². The zero-order valence-electron chi connectivity index (χ0n) is 19.1. The first kappa shape index (κ1) is 26.2. The van der Waals surface area contributed by atoms with Gasteiger partial charge in [-0.05, 0) is 48.7 Å². The molecule has 0 aliphatic rings. The number of hydrogen-bond acceptors (Lipinski definition) is 4. The minimum Gasteiger partial charge on any atom is -0.354 e. The molecular weight excluding hydrogens is 452 g/mol. The van der Waals surface area contributed by atoms with Crippen LogP contribution >= 0.6 is 0 Å². The quantitative estimate of drug-likeness (QED) is 0.565. The molecule has 0 aliphatic carbocycles. The average molecular weight is 482 g/mol. The second-order valence-corrected chi connectivity index (χ2v) is 10.1. The van der Waals surface area contributed by atoms with Gasteiger partial charge in [0, 0.05) is 13.1 Å². The van der Waals surface area contributed by atoms with Crippen molar-refractivity contribution in [2.75, 3.05) is 23.7 Å². The number of benzene rings is 2. The van der Waals surface area contributed by atoms with Crippen molar-refractivity contribution in [3.63, 3.8) is 0 Å². The van der Waals surface area contributed by atoms with Gasteiger partial charge in [0.2, 0.25) is 21.8 Å². The molecule has 0 spiro atoms. The smallest absolute Gasteiger partial charge is 0.244 e. The van der Waals surface area contributed by atoms with Crippen molar-refractivity contribution in [3.8, 4) is 0 Å². The van der Waals surface area contributed by atoms with Crippen LogP contribution in [0.2, 0.25) is 0 Å². The van der Waals surface area contributed by atoms with E-state index < -0.39 is 46.1 Å². The number of carbonyl (C=O) groups is 2. The fraction of sp³-hybridized carbons (Fsp3) is 0.391. The zero-order valence-corrected chi connectivity index (χ0v) is 19.9. The van der Waals surface area contributed by atoms with Crippen LogP contribution < -0.4 is 9.62 Å². The van der Waals surface area contributed by atoms with E-state index in [-0.39, 0.29) is 18.2 Å². The van der Waals surface area contributed by atoms with Gasteiger partial charge in [0.25, 0.3) is 0 Å². The summed E-state index contributed by atoms with van der Waals surface area (Å²) in [7, 11) is -3.94. The zero-order chi connectivity index (χ0) is 24.8. The topological polar surface area (TPSA) is 86.8 Å². The summed E-state index contributed by atoms with van der Waals surface area (Å²) in [5.74, 6) is -1.99. The third-order valence-electron chi connectivity index (χ3n) is 4.89. The fourth-order valence-corrected chi connectivity index (χ4v) is 3.91. The van der Waals surface area contributed by atoms with E-state index in [2.05, 4.69) is 5.32 Å². The Morgan fingerprint density at radius 1 is 1.00 bits per heavy atom. The summed E-state index contributed by atoms with van der Waals surface area (Å²) in [5, 5.41) is 2.76. The number of nitrogens with one attached hydrogen (secondary N) is 1. The van der Waals surface area contributed by atoms with Crippen LogP contribution in [0.1, 0.15) is 26.3 Å². The number of anilines is 1. The molecule has 0 aromatic heterocycles. The highest BCUT2D eigenvalue weighted by Gasteiger charge is 2.30. The van der Waals surface area contributed by atoms with E-state index >= 15 is 0 Å². The fourth-order valence-electron chi connectivity index (χ4n) is 3.07. The molecule has 0 fully saturated rings. The molecule has 0 heterocycles. The SMILES string of the molecule is CC(C)CNC(=O)[C@@H](C)N(Cc1ccc(F)cc1)C(=O)CN(c1cccc(F)c1)S(C)(=O)=O. The highest BCUT2D eigenvalue weighted by atomic mass is 32.2. The van der Waals surface area contributed by atoms with E-state index in [0.717, 1.165) is 22.7 Å². The minimum atomic E-state index is -3.94. The summed E-state index contributed by atoms with van der Waals surface area (Å²) in [6.45, 7) is 5.11. The van der Waals surface area contributed by atoms with Crippen molar-refractivity contribution in [2.24, 2.45) is 5.92 Å². The van der Waals surface area contributed by atoms with Crippen molar-refractivity contribution < 1.29 is 26.8 Å². The second-order valence-electron chi connectivity index (χ2n) is 8.21. The molecule has 180 valence electrons. The maximum absolute atomic E-state index is 13.7. The van der Waals surface area contributed by atoms with Crippen LogP contribution in [0.4, 0.5) is 14.5 Å². The van der Waals surface area contributed by atoms with Gasteiger partial charge in [-0.1, -0.05) is 32.0 Å². The number of hydrogen-bond donors (Lipinski definition) is 1. The van der Waals surface area contributed by atoms with Crippen LogP contribution in [0.3, 0.4) is 0 Å². The van der Waals surface area contributed by atoms with Crippen LogP contribution in [-0.2, 0) is 26.2 Å². The lowest BCUT2D eigenvalue weighted by Crippen LogP contribution is -2.51. The van der Waals surface area contributed by atoms with Crippen LogP contribution in [0, 0.1) is 17.6 Å². The van der Waals surface area contributed by atoms with Crippen molar-refractivity contribution in [1.29, 1.82) is 0 Å². The number of halogens is 2. The van der Waals surface area contributed by atoms with E-state index in [0.29, 0.717) is 12.1 Å². The number of carbonyl (C=O) groups excluding carboxylic acids is 2. The molecule has 2 amide bonds. The summed E-state index contributed by atoms with van der Waals surface area (Å²) in [6, 6.07) is 9.38. The summed E-state index contributed by atoms with van der Waals surface area (Å²) in [6.07, 6.45) is 0.911. The monoisotopic (exact) mass is 481 g/mol. The number of nitrogens with zero attached hydrogens (tertiary/aromatic N) is 2. The van der Waals surface area contributed by atoms with Gasteiger partial charge in [-0.2, -0.15) is 0 Å². The van der Waals surface area contributed by atoms with Gasteiger partial charge in [0.05, 0.1) is 11.9 Å². The van der Waals surface area contributed by atoms with Crippen LogP contribution in [0.15, 0.2) is 48.5 Å². The molecule has 1 atom stereocenters. The maximum Gasteiger partial charge on any atom is 0.244 e. The van der Waals surface area contributed by atoms with E-state index in [1.54, 1.807) is 0 Å². The Morgan fingerprint density at radius 2 is 1.64 bits per heavy atom. The lowest BCUT2D eigenvalue weighted by molar-refractivity contribution is -0.139. The van der Waals surface area contributed by atoms with Crippen LogP contribution in [0.25, 0.3) is 0 Å². The van der Waals surface area contributed by atoms with Gasteiger partial charge >= 0.3 is 0 Å². The number of rotatable bonds is 10. The molecule has 0 saturated heterocycles. The van der Waals surface area contributed by atoms with Crippen molar-refractivity contribution in [3.05, 3.63) is 65.7 Å². The molecule has 7 nitrogen and oxygen atoms in total. The molecule has 2 aromatic rings. The van der Waals surface area contributed by atoms with Crippen molar-refractivity contribution in [1.82, 2.24) is 10.2 Å². The van der Waals surface area contributed by atoms with Crippen LogP contribution in [-0.4, -0.2) is 50.5 Å². The van der Waals surface area contributed by atoms with E-state index in [1.807, 2.05) is 13.8 Å². The van der Waals surface area contributed by atoms with Gasteiger partial charge in [0.15, 0.2) is 0 Å². The third-order valence-corrected chi connectivity index (χ3v) is 6.03. The summed E-state index contributed by atoms with van der Waals surface area (Å²) < 4.78 is 52.6. The molecular formula is C23H29F2N3O4S. The standard InChI is InChI=1S/C23H29F2N3O4S/c1-16(2)13-26-23(30)17(3)27(14-18-8-10-19(24)11-9-18)22(29)15-28(33(4,31)32)21-7-5-6-20(25)12-21/h5-12,16-17H,13-15H2,1-4H3,(H,26,30)/t17-/m1/s1. The Balaban J connectivity index is 2.35. The highest BCUT2D eigenvalue weighted by molar-refractivity contribution is 7.92. The van der Waals surface area contributed by atoms with E-state index in [4.69, 9.17) is 0 Å². The Morgan fingerprint density at radius 3 is 2.18 bits per heavy atom. The largest absolute Gasteiger partial charge is 0.354 e. The summed E-state index contributed by atoms with van der Waals surface area (Å²) in [4.78, 5) is 27.2. The Kier molecular flexibility index (Phi) is 8.92. The Labute approximate surface area is 193 Å². The van der Waals surface area contributed by atoms with E-state index in [9.17, 15) is 26.8 Å².